The van der Waals surface area contributed by atoms with Gasteiger partial charge in [-0.05, 0) is 58.1 Å². The van der Waals surface area contributed by atoms with Crippen LogP contribution in [0.5, 0.6) is 0 Å². The average molecular weight is 759 g/mol. The van der Waals surface area contributed by atoms with Crippen LogP contribution in [0.2, 0.25) is 0 Å². The number of fused-ring (bicyclic) bond motifs is 2. The zero-order valence-electron chi connectivity index (χ0n) is 25.9. The quantitative estimate of drug-likeness (QED) is 0.102. The first-order valence-electron chi connectivity index (χ1n) is 14.8. The molecule has 0 aliphatic carbocycles. The van der Waals surface area contributed by atoms with E-state index in [-0.39, 0.29) is 28.6 Å². The molecule has 0 saturated heterocycles. The van der Waals surface area contributed by atoms with E-state index in [0.717, 1.165) is 29.1 Å². The molecule has 0 aliphatic rings. The summed E-state index contributed by atoms with van der Waals surface area (Å²) in [5.41, 5.74) is 13.9. The molecule has 0 aromatic carbocycles. The first-order chi connectivity index (χ1) is 23.2. The monoisotopic (exact) mass is 758 g/mol. The van der Waals surface area contributed by atoms with Crippen LogP contribution >= 0.6 is 45.3 Å². The number of nitrogens with one attached hydrogen (secondary N) is 2. The molecule has 6 aromatic heterocycles. The summed E-state index contributed by atoms with van der Waals surface area (Å²) in [6.45, 7) is 3.95. The van der Waals surface area contributed by atoms with Gasteiger partial charge in [0.25, 0.3) is 11.8 Å². The Bertz CT molecular complexity index is 2130. The van der Waals surface area contributed by atoms with E-state index in [2.05, 4.69) is 20.6 Å². The van der Waals surface area contributed by atoms with Gasteiger partial charge in [0.1, 0.15) is 43.9 Å². The maximum atomic E-state index is 14.1. The smallest absolute Gasteiger partial charge is 0.275 e. The third-order valence-corrected chi connectivity index (χ3v) is 15.0. The van der Waals surface area contributed by atoms with Gasteiger partial charge >= 0.3 is 0 Å². The maximum Gasteiger partial charge on any atom is 0.275 e. The van der Waals surface area contributed by atoms with Gasteiger partial charge in [0.05, 0.1) is 26.2 Å². The summed E-state index contributed by atoms with van der Waals surface area (Å²) < 4.78 is 27.0. The molecule has 2 unspecified atom stereocenters. The van der Waals surface area contributed by atoms with E-state index in [9.17, 15) is 18.7 Å². The summed E-state index contributed by atoms with van der Waals surface area (Å²) in [5, 5.41) is 9.88. The molecule has 6 aromatic rings. The molecule has 12 nitrogen and oxygen atoms in total. The number of anilines is 3. The van der Waals surface area contributed by atoms with Crippen molar-refractivity contribution >= 4 is 117 Å². The summed E-state index contributed by atoms with van der Waals surface area (Å²) >= 11 is 2.37. The van der Waals surface area contributed by atoms with Gasteiger partial charge in [-0.1, -0.05) is 49.0 Å². The largest absolute Gasteiger partial charge is 0.611 e. The fourth-order valence-electron chi connectivity index (χ4n) is 4.81. The lowest BCUT2D eigenvalue weighted by molar-refractivity contribution is 0.0959. The van der Waals surface area contributed by atoms with Crippen molar-refractivity contribution in [3.05, 3.63) is 40.3 Å². The van der Waals surface area contributed by atoms with Crippen LogP contribution in [0.25, 0.3) is 41.8 Å². The molecule has 0 radical (unpaired) electrons. The minimum Gasteiger partial charge on any atom is -0.611 e. The van der Waals surface area contributed by atoms with E-state index < -0.39 is 34.2 Å². The number of nitrogen functional groups attached to an aromatic ring is 2. The molecule has 0 spiro atoms. The van der Waals surface area contributed by atoms with Crippen molar-refractivity contribution < 1.29 is 18.7 Å². The van der Waals surface area contributed by atoms with Gasteiger partial charge in [0, 0.05) is 7.05 Å². The molecule has 2 atom stereocenters. The number of hydrogen-bond acceptors (Lipinski definition) is 14. The zero-order valence-corrected chi connectivity index (χ0v) is 30.8. The second-order valence-corrected chi connectivity index (χ2v) is 17.8. The van der Waals surface area contributed by atoms with Crippen molar-refractivity contribution in [1.29, 1.82) is 0 Å². The van der Waals surface area contributed by atoms with Crippen molar-refractivity contribution in [2.45, 2.75) is 41.5 Å². The molecule has 0 bridgehead atoms. The Labute approximate surface area is 297 Å². The van der Waals surface area contributed by atoms with Gasteiger partial charge in [0.15, 0.2) is 11.6 Å². The molecule has 6 heterocycles. The lowest BCUT2D eigenvalue weighted by Crippen LogP contribution is -2.20. The molecule has 6 N–H and O–H groups in total. The van der Waals surface area contributed by atoms with E-state index >= 15 is 0 Å². The Morgan fingerprint density at radius 1 is 0.812 bits per heavy atom. The number of carbonyl (C=O) groups is 2. The standard InChI is InChI=1S/C30H30N8O4S6/c1-4-6-13-48(42)30-19(32)17-21(35-23(37-27(17)45-30)15-8-7-10-43-15)26(40)34-14-9-11-44-22(14)24-36-20(25(39)33-3)16-18(31)29(46-28(16)38-24)47(41)12-5-2/h7-11H,4-6,12-13,31-32H2,1-3H3,(H,33,39)(H,34,40). The number of carbonyl (C=O) groups excluding carboxylic acids is 2. The highest BCUT2D eigenvalue weighted by Gasteiger charge is 2.30. The van der Waals surface area contributed by atoms with E-state index in [4.69, 9.17) is 21.4 Å². The molecular weight excluding hydrogens is 729 g/mol. The van der Waals surface area contributed by atoms with Gasteiger partial charge in [0.2, 0.25) is 8.42 Å². The summed E-state index contributed by atoms with van der Waals surface area (Å²) in [4.78, 5) is 47.9. The van der Waals surface area contributed by atoms with Crippen LogP contribution in [-0.2, 0) is 22.4 Å². The number of amides is 2. The molecule has 250 valence electrons. The van der Waals surface area contributed by atoms with Gasteiger partial charge in [-0.2, -0.15) is 0 Å². The summed E-state index contributed by atoms with van der Waals surface area (Å²) in [6.07, 6.45) is 2.35. The number of nitrogens with zero attached hydrogens (tertiary/aromatic N) is 4. The highest BCUT2D eigenvalue weighted by molar-refractivity contribution is 7.94. The van der Waals surface area contributed by atoms with Crippen LogP contribution in [0.4, 0.5) is 17.1 Å². The van der Waals surface area contributed by atoms with Gasteiger partial charge in [-0.25, -0.2) is 19.9 Å². The van der Waals surface area contributed by atoms with Crippen molar-refractivity contribution in [2.75, 3.05) is 35.3 Å². The molecule has 2 amide bonds. The Balaban J connectivity index is 1.43. The van der Waals surface area contributed by atoms with E-state index in [0.29, 0.717) is 63.2 Å². The van der Waals surface area contributed by atoms with Crippen LogP contribution in [0, 0.1) is 0 Å². The van der Waals surface area contributed by atoms with Crippen LogP contribution in [0.15, 0.2) is 37.4 Å². The summed E-state index contributed by atoms with van der Waals surface area (Å²) in [6, 6.07) is 5.44. The van der Waals surface area contributed by atoms with Gasteiger partial charge in [-0.3, -0.25) is 9.59 Å². The Hall–Kier alpha value is -3.36. The average Bonchev–Trinajstić information content (AvgIpc) is 3.90. The number of unbranched alkanes of at least 4 members (excludes halogenated alkanes) is 1. The molecule has 48 heavy (non-hydrogen) atoms. The zero-order chi connectivity index (χ0) is 34.1. The second-order valence-electron chi connectivity index (χ2n) is 10.4. The summed E-state index contributed by atoms with van der Waals surface area (Å²) in [5.74, 6) is 0.385. The van der Waals surface area contributed by atoms with Crippen LogP contribution < -0.4 is 22.1 Å². The highest BCUT2D eigenvalue weighted by atomic mass is 32.2. The number of nitrogens with two attached hydrogens (primary N) is 2. The molecule has 0 aliphatic heterocycles. The SMILES string of the molecule is CCCC[S+]([O-])c1sc2nc(-c3cccs3)nc(C(=O)Nc3ccsc3-c3nc(C(=O)NC)c4c(N)c([S+]([O-])CCC)sc4n3)c2c1N. The van der Waals surface area contributed by atoms with Crippen molar-refractivity contribution in [3.63, 3.8) is 0 Å². The van der Waals surface area contributed by atoms with Gasteiger partial charge < -0.3 is 31.2 Å². The van der Waals surface area contributed by atoms with Crippen LogP contribution in [-0.4, -0.2) is 59.4 Å². The summed E-state index contributed by atoms with van der Waals surface area (Å²) in [7, 11) is 1.49. The number of thiophene rings is 4. The number of rotatable bonds is 12. The third-order valence-electron chi connectivity index (χ3n) is 7.11. The predicted molar refractivity (Wildman–Crippen MR) is 199 cm³/mol. The number of aromatic nitrogens is 4. The fourth-order valence-corrected chi connectivity index (χ4v) is 11.6. The molecular formula is C30H30N8O4S6. The minimum absolute atomic E-state index is 0.0458. The highest BCUT2D eigenvalue weighted by Crippen LogP contribution is 2.42. The first kappa shape index (κ1) is 34.5. The second kappa shape index (κ2) is 14.6. The predicted octanol–water partition coefficient (Wildman–Crippen LogP) is 6.35. The first-order valence-corrected chi connectivity index (χ1v) is 20.8. The minimum atomic E-state index is -1.36. The molecule has 18 heteroatoms. The molecule has 0 fully saturated rings. The molecule has 6 rings (SSSR count). The Morgan fingerprint density at radius 2 is 1.44 bits per heavy atom. The Kier molecular flexibility index (Phi) is 10.5. The van der Waals surface area contributed by atoms with Crippen molar-refractivity contribution in [3.8, 4) is 21.4 Å². The topological polar surface area (TPSA) is 208 Å². The Morgan fingerprint density at radius 3 is 2.04 bits per heavy atom. The van der Waals surface area contributed by atoms with Crippen molar-refractivity contribution in [1.82, 2.24) is 25.3 Å². The lowest BCUT2D eigenvalue weighted by Gasteiger charge is -2.10. The fraction of sp³-hybridized carbons (Fsp3) is 0.267. The van der Waals surface area contributed by atoms with Crippen LogP contribution in [0.3, 0.4) is 0 Å². The van der Waals surface area contributed by atoms with E-state index in [1.807, 2.05) is 31.4 Å². The molecule has 0 saturated carbocycles. The van der Waals surface area contributed by atoms with Crippen molar-refractivity contribution in [2.24, 2.45) is 0 Å². The van der Waals surface area contributed by atoms with E-state index in [1.54, 1.807) is 11.4 Å². The lowest BCUT2D eigenvalue weighted by atomic mass is 10.2. The third kappa shape index (κ3) is 6.50. The van der Waals surface area contributed by atoms with E-state index in [1.165, 1.54) is 41.1 Å². The van der Waals surface area contributed by atoms with Gasteiger partial charge in [-0.15, -0.1) is 22.7 Å². The normalized spacial score (nSPS) is 12.9. The van der Waals surface area contributed by atoms with Crippen LogP contribution in [0.1, 0.15) is 54.1 Å². The number of hydrogen-bond donors (Lipinski definition) is 4. The maximum absolute atomic E-state index is 14.1.